The van der Waals surface area contributed by atoms with E-state index < -0.39 is 11.5 Å². The van der Waals surface area contributed by atoms with Crippen LogP contribution in [0.1, 0.15) is 12.5 Å². The molecule has 140 valence electrons. The number of carbonyl (C=O) groups is 1. The van der Waals surface area contributed by atoms with Gasteiger partial charge in [-0.3, -0.25) is 9.20 Å². The number of carbonyl (C=O) groups excluding carboxylic acids is 1. The summed E-state index contributed by atoms with van der Waals surface area (Å²) in [6, 6.07) is 13.8. The molecule has 0 aliphatic carbocycles. The van der Waals surface area contributed by atoms with E-state index in [-0.39, 0.29) is 23.6 Å². The minimum atomic E-state index is -0.822. The molecule has 3 aromatic rings. The Balaban J connectivity index is 2.19. The number of aromatic nitrogens is 2. The topological polar surface area (TPSA) is 93.7 Å². The van der Waals surface area contributed by atoms with Crippen molar-refractivity contribution in [2.24, 2.45) is 0 Å². The number of halogens is 1. The molecule has 0 radical (unpaired) electrons. The van der Waals surface area contributed by atoms with E-state index in [1.54, 1.807) is 61.7 Å². The molecule has 0 unspecified atom stereocenters. The van der Waals surface area contributed by atoms with Crippen LogP contribution in [0.3, 0.4) is 0 Å². The van der Waals surface area contributed by atoms with E-state index in [9.17, 15) is 14.9 Å². The number of hydrogen-bond donors (Lipinski definition) is 0. The first-order chi connectivity index (χ1) is 13.5. The summed E-state index contributed by atoms with van der Waals surface area (Å²) in [4.78, 5) is 29.3. The summed E-state index contributed by atoms with van der Waals surface area (Å²) < 4.78 is 12.8. The Kier molecular flexibility index (Phi) is 5.87. The number of ether oxygens (including phenoxy) is 2. The molecule has 3 rings (SSSR count). The van der Waals surface area contributed by atoms with Gasteiger partial charge in [-0.1, -0.05) is 22.0 Å². The maximum Gasteiger partial charge on any atom is 0.348 e. The molecular formula is C20H14BrN3O4. The van der Waals surface area contributed by atoms with Gasteiger partial charge in [0.05, 0.1) is 6.61 Å². The van der Waals surface area contributed by atoms with Crippen LogP contribution in [0.5, 0.6) is 11.6 Å². The third-order valence-electron chi connectivity index (χ3n) is 3.67. The second-order valence-corrected chi connectivity index (χ2v) is 6.43. The largest absolute Gasteiger partial charge is 0.462 e. The zero-order valence-electron chi connectivity index (χ0n) is 14.8. The molecular weight excluding hydrogens is 426 g/mol. The first-order valence-electron chi connectivity index (χ1n) is 8.27. The van der Waals surface area contributed by atoms with E-state index in [4.69, 9.17) is 9.47 Å². The Morgan fingerprint density at radius 3 is 2.71 bits per heavy atom. The monoisotopic (exact) mass is 439 g/mol. The molecule has 8 heteroatoms. The number of rotatable bonds is 5. The van der Waals surface area contributed by atoms with Crippen LogP contribution in [0.4, 0.5) is 0 Å². The van der Waals surface area contributed by atoms with Crippen molar-refractivity contribution in [3.05, 3.63) is 74.6 Å². The number of fused-ring (bicyclic) bond motifs is 1. The van der Waals surface area contributed by atoms with Crippen LogP contribution in [0.15, 0.2) is 63.5 Å². The van der Waals surface area contributed by atoms with Crippen LogP contribution in [-0.4, -0.2) is 22.0 Å². The lowest BCUT2D eigenvalue weighted by Crippen LogP contribution is -2.19. The smallest absolute Gasteiger partial charge is 0.348 e. The summed E-state index contributed by atoms with van der Waals surface area (Å²) >= 11 is 3.34. The Hall–Kier alpha value is -3.44. The predicted octanol–water partition coefficient (Wildman–Crippen LogP) is 3.72. The fraction of sp³-hybridized carbons (Fsp3) is 0.100. The van der Waals surface area contributed by atoms with E-state index in [0.717, 1.165) is 10.5 Å². The van der Waals surface area contributed by atoms with Gasteiger partial charge in [-0.25, -0.2) is 4.79 Å². The van der Waals surface area contributed by atoms with Crippen LogP contribution < -0.4 is 10.3 Å². The van der Waals surface area contributed by atoms with E-state index in [2.05, 4.69) is 20.9 Å². The summed E-state index contributed by atoms with van der Waals surface area (Å²) in [5.74, 6) is -0.396. The SMILES string of the molecule is CCOC(=O)/C(C#N)=C/c1c(Oc2ccc(Br)cc2)nc2ccccn2c1=O. The highest BCUT2D eigenvalue weighted by Gasteiger charge is 2.17. The lowest BCUT2D eigenvalue weighted by Gasteiger charge is -2.10. The molecule has 0 fully saturated rings. The highest BCUT2D eigenvalue weighted by Crippen LogP contribution is 2.25. The first-order valence-corrected chi connectivity index (χ1v) is 9.06. The Bertz CT molecular complexity index is 1160. The minimum Gasteiger partial charge on any atom is -0.462 e. The molecule has 0 N–H and O–H groups in total. The fourth-order valence-corrected chi connectivity index (χ4v) is 2.65. The van der Waals surface area contributed by atoms with Gasteiger partial charge in [-0.15, -0.1) is 0 Å². The summed E-state index contributed by atoms with van der Waals surface area (Å²) in [7, 11) is 0. The number of benzene rings is 1. The molecule has 0 amide bonds. The molecule has 2 heterocycles. The molecule has 0 aliphatic heterocycles. The third kappa shape index (κ3) is 4.10. The van der Waals surface area contributed by atoms with E-state index in [0.29, 0.717) is 11.4 Å². The van der Waals surface area contributed by atoms with Crippen LogP contribution in [0, 0.1) is 11.3 Å². The number of pyridine rings is 1. The fourth-order valence-electron chi connectivity index (χ4n) is 2.39. The molecule has 0 saturated heterocycles. The molecule has 2 aromatic heterocycles. The highest BCUT2D eigenvalue weighted by atomic mass is 79.9. The van der Waals surface area contributed by atoms with Gasteiger partial charge >= 0.3 is 5.97 Å². The lowest BCUT2D eigenvalue weighted by molar-refractivity contribution is -0.137. The van der Waals surface area contributed by atoms with Gasteiger partial charge in [0.15, 0.2) is 0 Å². The second kappa shape index (κ2) is 8.50. The van der Waals surface area contributed by atoms with E-state index >= 15 is 0 Å². The van der Waals surface area contributed by atoms with Crippen molar-refractivity contribution < 1.29 is 14.3 Å². The third-order valence-corrected chi connectivity index (χ3v) is 4.20. The van der Waals surface area contributed by atoms with Gasteiger partial charge in [0.25, 0.3) is 5.56 Å². The number of esters is 1. The van der Waals surface area contributed by atoms with Crippen LogP contribution in [0.2, 0.25) is 0 Å². The van der Waals surface area contributed by atoms with Gasteiger partial charge in [0, 0.05) is 10.7 Å². The summed E-state index contributed by atoms with van der Waals surface area (Å²) in [6.07, 6.45) is 2.68. The van der Waals surface area contributed by atoms with Crippen molar-refractivity contribution in [2.45, 2.75) is 6.92 Å². The standard InChI is InChI=1S/C20H14BrN3O4/c1-2-27-20(26)13(12-22)11-16-18(28-15-8-6-14(21)7-9-15)23-17-5-3-4-10-24(17)19(16)25/h3-11H,2H2,1H3/b13-11+. The normalized spacial score (nSPS) is 11.1. The minimum absolute atomic E-state index is 0.0180. The van der Waals surface area contributed by atoms with Gasteiger partial charge in [0.1, 0.15) is 28.6 Å². The molecule has 28 heavy (non-hydrogen) atoms. The zero-order chi connectivity index (χ0) is 20.1. The molecule has 0 atom stereocenters. The van der Waals surface area contributed by atoms with Crippen LogP contribution in [-0.2, 0) is 9.53 Å². The van der Waals surface area contributed by atoms with Crippen molar-refractivity contribution in [2.75, 3.05) is 6.61 Å². The summed E-state index contributed by atoms with van der Waals surface area (Å²) in [5.41, 5.74) is -0.463. The van der Waals surface area contributed by atoms with Crippen molar-refractivity contribution >= 4 is 33.6 Å². The maximum absolute atomic E-state index is 13.0. The Morgan fingerprint density at radius 1 is 1.29 bits per heavy atom. The summed E-state index contributed by atoms with van der Waals surface area (Å²) in [5, 5.41) is 9.31. The van der Waals surface area contributed by atoms with Crippen molar-refractivity contribution in [1.82, 2.24) is 9.38 Å². The predicted molar refractivity (Wildman–Crippen MR) is 106 cm³/mol. The zero-order valence-corrected chi connectivity index (χ0v) is 16.3. The molecule has 0 aliphatic rings. The van der Waals surface area contributed by atoms with E-state index in [1.165, 1.54) is 4.40 Å². The average molecular weight is 440 g/mol. The van der Waals surface area contributed by atoms with Crippen molar-refractivity contribution in [1.29, 1.82) is 5.26 Å². The van der Waals surface area contributed by atoms with Crippen LogP contribution >= 0.6 is 15.9 Å². The van der Waals surface area contributed by atoms with Gasteiger partial charge in [0.2, 0.25) is 5.88 Å². The maximum atomic E-state index is 13.0. The molecule has 0 spiro atoms. The summed E-state index contributed by atoms with van der Waals surface area (Å²) in [6.45, 7) is 1.73. The van der Waals surface area contributed by atoms with E-state index in [1.807, 2.05) is 0 Å². The lowest BCUT2D eigenvalue weighted by atomic mass is 10.2. The highest BCUT2D eigenvalue weighted by molar-refractivity contribution is 9.10. The number of hydrogen-bond acceptors (Lipinski definition) is 6. The molecule has 0 bridgehead atoms. The number of nitriles is 1. The Labute approximate surface area is 168 Å². The Morgan fingerprint density at radius 2 is 2.04 bits per heavy atom. The van der Waals surface area contributed by atoms with Gasteiger partial charge < -0.3 is 9.47 Å². The van der Waals surface area contributed by atoms with Gasteiger partial charge in [-0.05, 0) is 49.4 Å². The quantitative estimate of drug-likeness (QED) is 0.341. The molecule has 1 aromatic carbocycles. The average Bonchev–Trinajstić information content (AvgIpc) is 2.70. The number of nitrogens with zero attached hydrogens (tertiary/aromatic N) is 3. The molecule has 7 nitrogen and oxygen atoms in total. The van der Waals surface area contributed by atoms with Crippen LogP contribution in [0.25, 0.3) is 11.7 Å². The molecule has 0 saturated carbocycles. The first kappa shape index (κ1) is 19.3. The van der Waals surface area contributed by atoms with Crippen molar-refractivity contribution in [3.63, 3.8) is 0 Å². The van der Waals surface area contributed by atoms with Crippen molar-refractivity contribution in [3.8, 4) is 17.7 Å². The van der Waals surface area contributed by atoms with Gasteiger partial charge in [-0.2, -0.15) is 10.2 Å². The second-order valence-electron chi connectivity index (χ2n) is 5.51.